The molecule has 0 spiro atoms. The molecule has 0 bridgehead atoms. The van der Waals surface area contributed by atoms with Gasteiger partial charge in [0.25, 0.3) is 0 Å². The number of hydrogen-bond donors (Lipinski definition) is 1. The molecule has 1 atom stereocenters. The van der Waals surface area contributed by atoms with E-state index >= 15 is 0 Å². The lowest BCUT2D eigenvalue weighted by Crippen LogP contribution is -2.33. The summed E-state index contributed by atoms with van der Waals surface area (Å²) in [5, 5.41) is 0. The third-order valence-electron chi connectivity index (χ3n) is 2.80. The first kappa shape index (κ1) is 9.46. The quantitative estimate of drug-likeness (QED) is 0.669. The summed E-state index contributed by atoms with van der Waals surface area (Å²) in [5.74, 6) is 0.387. The lowest BCUT2D eigenvalue weighted by molar-refractivity contribution is -0.121. The molecule has 0 radical (unpaired) electrons. The molecule has 1 unspecified atom stereocenters. The van der Waals surface area contributed by atoms with Gasteiger partial charge in [0, 0.05) is 37.7 Å². The average molecular weight is 192 g/mol. The predicted molar refractivity (Wildman–Crippen MR) is 55.6 cm³/mol. The zero-order valence-corrected chi connectivity index (χ0v) is 8.28. The molecule has 2 N–H and O–H groups in total. The van der Waals surface area contributed by atoms with Crippen LogP contribution in [0.1, 0.15) is 19.3 Å². The largest absolute Gasteiger partial charge is 0.371 e. The summed E-state index contributed by atoms with van der Waals surface area (Å²) in [6, 6.07) is 0.171. The molecule has 1 aliphatic carbocycles. The molecule has 1 fully saturated rings. The molecule has 2 rings (SSSR count). The number of ketones is 1. The van der Waals surface area contributed by atoms with Crippen molar-refractivity contribution in [3.05, 3.63) is 23.9 Å². The van der Waals surface area contributed by atoms with Gasteiger partial charge in [-0.25, -0.2) is 0 Å². The van der Waals surface area contributed by atoms with Crippen molar-refractivity contribution < 1.29 is 4.79 Å². The van der Waals surface area contributed by atoms with Crippen LogP contribution in [0.4, 0.5) is 0 Å². The number of nitrogens with zero attached hydrogens (tertiary/aromatic N) is 1. The molecular formula is C11H16N2O. The maximum Gasteiger partial charge on any atom is 0.136 e. The first-order chi connectivity index (χ1) is 6.75. The monoisotopic (exact) mass is 192 g/mol. The minimum Gasteiger partial charge on any atom is -0.371 e. The number of carbonyl (C=O) groups is 1. The van der Waals surface area contributed by atoms with Crippen LogP contribution in [0.5, 0.6) is 0 Å². The van der Waals surface area contributed by atoms with E-state index in [-0.39, 0.29) is 6.04 Å². The first-order valence-corrected chi connectivity index (χ1v) is 5.16. The number of carbonyl (C=O) groups excluding carboxylic acids is 1. The number of piperidine rings is 1. The van der Waals surface area contributed by atoms with Gasteiger partial charge in [-0.2, -0.15) is 0 Å². The van der Waals surface area contributed by atoms with E-state index in [1.165, 1.54) is 5.70 Å². The normalized spacial score (nSPS) is 27.8. The second kappa shape index (κ2) is 3.96. The SMILES string of the molecule is NC1C=CC(N2CCC(=O)CC2)=CC1. The van der Waals surface area contributed by atoms with E-state index in [9.17, 15) is 4.79 Å². The van der Waals surface area contributed by atoms with Gasteiger partial charge in [-0.15, -0.1) is 0 Å². The summed E-state index contributed by atoms with van der Waals surface area (Å²) in [6.07, 6.45) is 8.57. The van der Waals surface area contributed by atoms with Gasteiger partial charge in [-0.05, 0) is 12.5 Å². The van der Waals surface area contributed by atoms with Gasteiger partial charge in [0.15, 0.2) is 0 Å². The van der Waals surface area contributed by atoms with Crippen molar-refractivity contribution in [1.82, 2.24) is 4.90 Å². The lowest BCUT2D eigenvalue weighted by atomic mass is 10.0. The molecule has 0 aromatic rings. The summed E-state index contributed by atoms with van der Waals surface area (Å²) in [6.45, 7) is 1.73. The second-order valence-corrected chi connectivity index (χ2v) is 3.91. The van der Waals surface area contributed by atoms with Crippen LogP contribution in [-0.2, 0) is 4.79 Å². The molecule has 1 aliphatic heterocycles. The van der Waals surface area contributed by atoms with Crippen LogP contribution >= 0.6 is 0 Å². The molecule has 1 saturated heterocycles. The molecule has 0 aromatic carbocycles. The van der Waals surface area contributed by atoms with Gasteiger partial charge in [-0.3, -0.25) is 4.79 Å². The Balaban J connectivity index is 1.96. The van der Waals surface area contributed by atoms with Crippen molar-refractivity contribution >= 4 is 5.78 Å². The summed E-state index contributed by atoms with van der Waals surface area (Å²) < 4.78 is 0. The number of hydrogen-bond acceptors (Lipinski definition) is 3. The van der Waals surface area contributed by atoms with Crippen LogP contribution in [-0.4, -0.2) is 29.8 Å². The average Bonchev–Trinajstić information content (AvgIpc) is 2.21. The first-order valence-electron chi connectivity index (χ1n) is 5.16. The van der Waals surface area contributed by atoms with Crippen molar-refractivity contribution in [3.63, 3.8) is 0 Å². The molecule has 0 aromatic heterocycles. The smallest absolute Gasteiger partial charge is 0.136 e. The third-order valence-corrected chi connectivity index (χ3v) is 2.80. The van der Waals surface area contributed by atoms with Crippen LogP contribution in [0.15, 0.2) is 23.9 Å². The van der Waals surface area contributed by atoms with E-state index < -0.39 is 0 Å². The molecule has 2 aliphatic rings. The van der Waals surface area contributed by atoms with Gasteiger partial charge < -0.3 is 10.6 Å². The fraction of sp³-hybridized carbons (Fsp3) is 0.545. The highest BCUT2D eigenvalue weighted by molar-refractivity contribution is 5.79. The van der Waals surface area contributed by atoms with Crippen molar-refractivity contribution in [2.75, 3.05) is 13.1 Å². The molecule has 3 nitrogen and oxygen atoms in total. The Hall–Kier alpha value is -1.09. The van der Waals surface area contributed by atoms with Crippen molar-refractivity contribution in [3.8, 4) is 0 Å². The topological polar surface area (TPSA) is 46.3 Å². The third kappa shape index (κ3) is 2.04. The predicted octanol–water partition coefficient (Wildman–Crippen LogP) is 0.822. The summed E-state index contributed by atoms with van der Waals surface area (Å²) >= 11 is 0. The van der Waals surface area contributed by atoms with Gasteiger partial charge in [-0.1, -0.05) is 12.2 Å². The molecule has 0 saturated carbocycles. The molecule has 3 heteroatoms. The van der Waals surface area contributed by atoms with Crippen LogP contribution in [0.2, 0.25) is 0 Å². The Morgan fingerprint density at radius 1 is 1.36 bits per heavy atom. The molecular weight excluding hydrogens is 176 g/mol. The van der Waals surface area contributed by atoms with Crippen LogP contribution < -0.4 is 5.73 Å². The number of likely N-dealkylation sites (tertiary alicyclic amines) is 1. The highest BCUT2D eigenvalue weighted by atomic mass is 16.1. The Morgan fingerprint density at radius 3 is 2.64 bits per heavy atom. The minimum absolute atomic E-state index is 0.171. The zero-order valence-electron chi connectivity index (χ0n) is 8.28. The standard InChI is InChI=1S/C11H16N2O/c12-9-1-3-10(4-2-9)13-7-5-11(14)6-8-13/h1,3-4,9H,2,5-8,12H2. The van der Waals surface area contributed by atoms with Crippen LogP contribution in [0.3, 0.4) is 0 Å². The van der Waals surface area contributed by atoms with E-state index in [0.717, 1.165) is 19.5 Å². The number of Topliss-reactive ketones (excluding diaryl/α,β-unsaturated/α-hetero) is 1. The van der Waals surface area contributed by atoms with E-state index in [1.54, 1.807) is 0 Å². The maximum absolute atomic E-state index is 11.1. The molecule has 0 amide bonds. The van der Waals surface area contributed by atoms with E-state index in [2.05, 4.69) is 17.1 Å². The van der Waals surface area contributed by atoms with Crippen molar-refractivity contribution in [1.29, 1.82) is 0 Å². The lowest BCUT2D eigenvalue weighted by Gasteiger charge is -2.30. The Morgan fingerprint density at radius 2 is 2.07 bits per heavy atom. The minimum atomic E-state index is 0.171. The fourth-order valence-electron chi connectivity index (χ4n) is 1.87. The summed E-state index contributed by atoms with van der Waals surface area (Å²) in [7, 11) is 0. The summed E-state index contributed by atoms with van der Waals surface area (Å²) in [5.41, 5.74) is 6.98. The van der Waals surface area contributed by atoms with Gasteiger partial charge in [0.05, 0.1) is 0 Å². The highest BCUT2D eigenvalue weighted by Crippen LogP contribution is 2.17. The Kier molecular flexibility index (Phi) is 2.68. The number of allylic oxidation sites excluding steroid dienone is 1. The summed E-state index contributed by atoms with van der Waals surface area (Å²) in [4.78, 5) is 13.3. The van der Waals surface area contributed by atoms with Gasteiger partial charge >= 0.3 is 0 Å². The van der Waals surface area contributed by atoms with Crippen molar-refractivity contribution in [2.45, 2.75) is 25.3 Å². The van der Waals surface area contributed by atoms with E-state index in [0.29, 0.717) is 18.6 Å². The Labute approximate surface area is 84.3 Å². The van der Waals surface area contributed by atoms with Crippen LogP contribution in [0, 0.1) is 0 Å². The molecule has 76 valence electrons. The number of nitrogens with two attached hydrogens (primary N) is 1. The zero-order chi connectivity index (χ0) is 9.97. The van der Waals surface area contributed by atoms with Gasteiger partial charge in [0.2, 0.25) is 0 Å². The molecule has 14 heavy (non-hydrogen) atoms. The van der Waals surface area contributed by atoms with E-state index in [1.807, 2.05) is 6.08 Å². The molecule has 1 heterocycles. The van der Waals surface area contributed by atoms with Gasteiger partial charge in [0.1, 0.15) is 5.78 Å². The number of rotatable bonds is 1. The van der Waals surface area contributed by atoms with Crippen LogP contribution in [0.25, 0.3) is 0 Å². The Bertz CT molecular complexity index is 284. The van der Waals surface area contributed by atoms with E-state index in [4.69, 9.17) is 5.73 Å². The van der Waals surface area contributed by atoms with Crippen molar-refractivity contribution in [2.24, 2.45) is 5.73 Å². The fourth-order valence-corrected chi connectivity index (χ4v) is 1.87. The maximum atomic E-state index is 11.1. The highest BCUT2D eigenvalue weighted by Gasteiger charge is 2.18. The second-order valence-electron chi connectivity index (χ2n) is 3.91.